The van der Waals surface area contributed by atoms with Gasteiger partial charge in [0, 0.05) is 29.8 Å². The van der Waals surface area contributed by atoms with Crippen LogP contribution < -0.4 is 5.32 Å². The molecule has 5 heterocycles. The van der Waals surface area contributed by atoms with Crippen LogP contribution in [0.2, 0.25) is 0 Å². The molecule has 4 aromatic heterocycles. The van der Waals surface area contributed by atoms with Crippen molar-refractivity contribution in [2.75, 3.05) is 18.5 Å². The highest BCUT2D eigenvalue weighted by molar-refractivity contribution is 5.60. The number of aryl methyl sites for hydroxylation is 1. The Balaban J connectivity index is 1.45. The number of fused-ring (bicyclic) bond motifs is 1. The lowest BCUT2D eigenvalue weighted by atomic mass is 10.1. The highest BCUT2D eigenvalue weighted by Gasteiger charge is 2.20. The third-order valence-corrected chi connectivity index (χ3v) is 5.48. The predicted octanol–water partition coefficient (Wildman–Crippen LogP) is 4.19. The fourth-order valence-electron chi connectivity index (χ4n) is 3.90. The number of ether oxygens (including phenoxy) is 2. The fourth-order valence-corrected chi connectivity index (χ4v) is 3.90. The van der Waals surface area contributed by atoms with Crippen molar-refractivity contribution in [1.29, 1.82) is 0 Å². The van der Waals surface area contributed by atoms with Crippen LogP contribution in [0.15, 0.2) is 40.9 Å². The van der Waals surface area contributed by atoms with Crippen molar-refractivity contribution < 1.29 is 13.9 Å². The first-order valence-electron chi connectivity index (χ1n) is 11.6. The maximum absolute atomic E-state index is 5.93. The Hall–Kier alpha value is -3.30. The summed E-state index contributed by atoms with van der Waals surface area (Å²) in [4.78, 5) is 14.3. The second-order valence-corrected chi connectivity index (χ2v) is 9.65. The van der Waals surface area contributed by atoms with Gasteiger partial charge in [-0.25, -0.2) is 0 Å². The maximum atomic E-state index is 5.93. The van der Waals surface area contributed by atoms with Gasteiger partial charge < -0.3 is 19.2 Å². The largest absolute Gasteiger partial charge is 0.458 e. The highest BCUT2D eigenvalue weighted by atomic mass is 16.5. The van der Waals surface area contributed by atoms with Crippen LogP contribution in [0.4, 0.5) is 5.95 Å². The van der Waals surface area contributed by atoms with Gasteiger partial charge in [0.25, 0.3) is 0 Å². The van der Waals surface area contributed by atoms with E-state index < -0.39 is 0 Å². The summed E-state index contributed by atoms with van der Waals surface area (Å²) < 4.78 is 18.9. The van der Waals surface area contributed by atoms with Crippen LogP contribution in [0, 0.1) is 6.92 Å². The molecule has 0 aliphatic carbocycles. The van der Waals surface area contributed by atoms with Crippen LogP contribution in [-0.4, -0.2) is 49.4 Å². The van der Waals surface area contributed by atoms with Gasteiger partial charge in [0.2, 0.25) is 11.8 Å². The van der Waals surface area contributed by atoms with Gasteiger partial charge in [-0.05, 0) is 58.4 Å². The molecule has 9 nitrogen and oxygen atoms in total. The monoisotopic (exact) mass is 462 g/mol. The van der Waals surface area contributed by atoms with Crippen molar-refractivity contribution in [2.24, 2.45) is 0 Å². The molecule has 0 spiro atoms. The van der Waals surface area contributed by atoms with Crippen molar-refractivity contribution in [3.63, 3.8) is 0 Å². The molecule has 34 heavy (non-hydrogen) atoms. The predicted molar refractivity (Wildman–Crippen MR) is 128 cm³/mol. The summed E-state index contributed by atoms with van der Waals surface area (Å²) in [5, 5.41) is 7.96. The third-order valence-electron chi connectivity index (χ3n) is 5.48. The number of nitrogens with zero attached hydrogens (tertiary/aromatic N) is 5. The quantitative estimate of drug-likeness (QED) is 0.436. The van der Waals surface area contributed by atoms with Crippen LogP contribution in [0.5, 0.6) is 0 Å². The summed E-state index contributed by atoms with van der Waals surface area (Å²) >= 11 is 0. The molecule has 0 bridgehead atoms. The minimum Gasteiger partial charge on any atom is -0.458 e. The lowest BCUT2D eigenvalue weighted by molar-refractivity contribution is 0.0301. The maximum Gasteiger partial charge on any atom is 0.227 e. The van der Waals surface area contributed by atoms with Gasteiger partial charge in [0.05, 0.1) is 31.2 Å². The van der Waals surface area contributed by atoms with Gasteiger partial charge >= 0.3 is 0 Å². The number of pyridine rings is 1. The normalized spacial score (nSPS) is 16.4. The molecule has 1 atom stereocenters. The second kappa shape index (κ2) is 9.15. The van der Waals surface area contributed by atoms with E-state index in [1.165, 1.54) is 0 Å². The van der Waals surface area contributed by atoms with E-state index in [2.05, 4.69) is 31.2 Å². The van der Waals surface area contributed by atoms with Crippen molar-refractivity contribution in [3.8, 4) is 11.6 Å². The Morgan fingerprint density at radius 3 is 2.71 bits per heavy atom. The Morgan fingerprint density at radius 1 is 1.12 bits per heavy atom. The number of furan rings is 1. The van der Waals surface area contributed by atoms with Crippen LogP contribution in [0.1, 0.15) is 49.9 Å². The lowest BCUT2D eigenvalue weighted by Gasteiger charge is -2.20. The molecule has 4 aromatic rings. The third kappa shape index (κ3) is 5.10. The average Bonchev–Trinajstić information content (AvgIpc) is 3.53. The van der Waals surface area contributed by atoms with Gasteiger partial charge in [0.1, 0.15) is 5.76 Å². The molecule has 0 aromatic carbocycles. The summed E-state index contributed by atoms with van der Waals surface area (Å²) in [6, 6.07) is 9.83. The summed E-state index contributed by atoms with van der Waals surface area (Å²) in [6.45, 7) is 10.0. The van der Waals surface area contributed by atoms with E-state index in [1.54, 1.807) is 4.52 Å². The number of hydrogen-bond donors (Lipinski definition) is 1. The summed E-state index contributed by atoms with van der Waals surface area (Å²) in [5.41, 5.74) is 3.31. The first kappa shape index (κ1) is 22.5. The Kier molecular flexibility index (Phi) is 6.05. The molecule has 0 amide bonds. The number of aromatic nitrogens is 5. The Bertz CT molecular complexity index is 1280. The first-order chi connectivity index (χ1) is 16.3. The SMILES string of the molecule is Cc1ccc(-c2nc(NC(C)(C)C)nc3c(Cc4cccc(CO[C@H]5CCOC5)n4)cnn23)o1. The zero-order chi connectivity index (χ0) is 23.7. The molecule has 1 fully saturated rings. The van der Waals surface area contributed by atoms with Crippen LogP contribution in [-0.2, 0) is 22.5 Å². The molecule has 5 rings (SSSR count). The first-order valence-corrected chi connectivity index (χ1v) is 11.6. The van der Waals surface area contributed by atoms with Crippen LogP contribution in [0.25, 0.3) is 17.2 Å². The van der Waals surface area contributed by atoms with Crippen molar-refractivity contribution in [1.82, 2.24) is 24.6 Å². The van der Waals surface area contributed by atoms with E-state index in [4.69, 9.17) is 28.8 Å². The Labute approximate surface area is 198 Å². The molecular weight excluding hydrogens is 432 g/mol. The fraction of sp³-hybridized carbons (Fsp3) is 0.440. The van der Waals surface area contributed by atoms with E-state index in [9.17, 15) is 0 Å². The number of nitrogens with one attached hydrogen (secondary N) is 1. The molecule has 0 radical (unpaired) electrons. The van der Waals surface area contributed by atoms with E-state index >= 15 is 0 Å². The van der Waals surface area contributed by atoms with Crippen molar-refractivity contribution >= 4 is 11.6 Å². The van der Waals surface area contributed by atoms with Crippen molar-refractivity contribution in [3.05, 3.63) is 59.2 Å². The molecule has 0 saturated carbocycles. The van der Waals surface area contributed by atoms with E-state index in [0.717, 1.165) is 41.4 Å². The van der Waals surface area contributed by atoms with E-state index in [0.29, 0.717) is 37.2 Å². The smallest absolute Gasteiger partial charge is 0.227 e. The van der Waals surface area contributed by atoms with Gasteiger partial charge in [0.15, 0.2) is 11.4 Å². The average molecular weight is 463 g/mol. The molecule has 178 valence electrons. The number of rotatable bonds is 7. The minimum absolute atomic E-state index is 0.152. The lowest BCUT2D eigenvalue weighted by Crippen LogP contribution is -2.27. The zero-order valence-corrected chi connectivity index (χ0v) is 20.0. The molecule has 1 aliphatic heterocycles. The summed E-state index contributed by atoms with van der Waals surface area (Å²) in [7, 11) is 0. The number of anilines is 1. The highest BCUT2D eigenvalue weighted by Crippen LogP contribution is 2.25. The molecule has 9 heteroatoms. The second-order valence-electron chi connectivity index (χ2n) is 9.65. The standard InChI is InChI=1S/C25H30N6O3/c1-16-8-9-21(34-16)23-29-24(30-25(2,3)4)28-22-17(13-26-31(22)23)12-18-6-5-7-19(27-18)14-33-20-10-11-32-15-20/h5-9,13,20H,10-12,14-15H2,1-4H3,(H,28,30)/t20-/m0/s1. The topological polar surface area (TPSA) is 99.6 Å². The summed E-state index contributed by atoms with van der Waals surface area (Å²) in [5.74, 6) is 2.58. The molecular formula is C25H30N6O3. The molecule has 1 aliphatic rings. The molecule has 0 unspecified atom stereocenters. The number of hydrogen-bond acceptors (Lipinski definition) is 8. The molecule has 1 N–H and O–H groups in total. The summed E-state index contributed by atoms with van der Waals surface area (Å²) in [6.07, 6.45) is 3.50. The van der Waals surface area contributed by atoms with Crippen molar-refractivity contribution in [2.45, 2.75) is 58.8 Å². The van der Waals surface area contributed by atoms with Gasteiger partial charge in [-0.3, -0.25) is 4.98 Å². The van der Waals surface area contributed by atoms with Crippen LogP contribution in [0.3, 0.4) is 0 Å². The van der Waals surface area contributed by atoms with Gasteiger partial charge in [-0.2, -0.15) is 19.6 Å². The van der Waals surface area contributed by atoms with Gasteiger partial charge in [-0.15, -0.1) is 0 Å². The molecule has 1 saturated heterocycles. The zero-order valence-electron chi connectivity index (χ0n) is 20.0. The Morgan fingerprint density at radius 2 is 1.97 bits per heavy atom. The van der Waals surface area contributed by atoms with Gasteiger partial charge in [-0.1, -0.05) is 6.07 Å². The van der Waals surface area contributed by atoms with Crippen LogP contribution >= 0.6 is 0 Å². The minimum atomic E-state index is -0.199. The van der Waals surface area contributed by atoms with E-state index in [1.807, 2.05) is 43.5 Å². The van der Waals surface area contributed by atoms with E-state index in [-0.39, 0.29) is 11.6 Å².